The highest BCUT2D eigenvalue weighted by Crippen LogP contribution is 2.35. The Labute approximate surface area is 170 Å². The van der Waals surface area contributed by atoms with Gasteiger partial charge in [-0.15, -0.1) is 11.3 Å². The van der Waals surface area contributed by atoms with Crippen molar-refractivity contribution in [2.75, 3.05) is 5.32 Å². The highest BCUT2D eigenvalue weighted by molar-refractivity contribution is 7.21. The molecule has 0 saturated carbocycles. The Hall–Kier alpha value is -2.34. The van der Waals surface area contributed by atoms with Crippen molar-refractivity contribution in [1.29, 1.82) is 0 Å². The van der Waals surface area contributed by atoms with E-state index in [0.717, 1.165) is 21.3 Å². The summed E-state index contributed by atoms with van der Waals surface area (Å²) in [5.74, 6) is 0.248. The minimum Gasteiger partial charge on any atom is -0.304 e. The van der Waals surface area contributed by atoms with Crippen molar-refractivity contribution in [1.82, 2.24) is 9.78 Å². The van der Waals surface area contributed by atoms with Gasteiger partial charge in [0.05, 0.1) is 11.6 Å². The summed E-state index contributed by atoms with van der Waals surface area (Å²) in [6.45, 7) is 2.55. The van der Waals surface area contributed by atoms with E-state index in [9.17, 15) is 4.79 Å². The SMILES string of the molecule is Cc1cc(NC(=O)c2sc3ccccc3c2Cl)nn1Cc1ccc(Cl)cc1. The maximum atomic E-state index is 12.7. The molecule has 0 aliphatic rings. The van der Waals surface area contributed by atoms with Crippen LogP contribution in [0.5, 0.6) is 0 Å². The molecule has 2 aromatic carbocycles. The summed E-state index contributed by atoms with van der Waals surface area (Å²) in [7, 11) is 0. The van der Waals surface area contributed by atoms with Crippen LogP contribution >= 0.6 is 34.5 Å². The third kappa shape index (κ3) is 3.72. The molecule has 0 radical (unpaired) electrons. The number of nitrogens with zero attached hydrogens (tertiary/aromatic N) is 2. The second-order valence-corrected chi connectivity index (χ2v) is 8.02. The van der Waals surface area contributed by atoms with Crippen LogP contribution in [0.2, 0.25) is 10.0 Å². The fourth-order valence-corrected chi connectivity index (χ4v) is 4.37. The highest BCUT2D eigenvalue weighted by atomic mass is 35.5. The Bertz CT molecular complexity index is 1130. The molecule has 4 rings (SSSR count). The average molecular weight is 416 g/mol. The van der Waals surface area contributed by atoms with Gasteiger partial charge in [-0.1, -0.05) is 53.5 Å². The maximum absolute atomic E-state index is 12.7. The number of carbonyl (C=O) groups is 1. The topological polar surface area (TPSA) is 46.9 Å². The maximum Gasteiger partial charge on any atom is 0.268 e. The number of carbonyl (C=O) groups excluding carboxylic acids is 1. The standard InChI is InChI=1S/C20H15Cl2N3OS/c1-12-10-17(24-25(12)11-13-6-8-14(21)9-7-13)23-20(26)19-18(22)15-4-2-3-5-16(15)27-19/h2-10H,11H2,1H3,(H,23,24,26). The van der Waals surface area contributed by atoms with Gasteiger partial charge in [0.25, 0.3) is 5.91 Å². The molecule has 0 bridgehead atoms. The van der Waals surface area contributed by atoms with Gasteiger partial charge >= 0.3 is 0 Å². The molecule has 0 aliphatic heterocycles. The van der Waals surface area contributed by atoms with Crippen molar-refractivity contribution in [2.24, 2.45) is 0 Å². The molecule has 0 spiro atoms. The summed E-state index contributed by atoms with van der Waals surface area (Å²) >= 11 is 13.7. The van der Waals surface area contributed by atoms with Gasteiger partial charge in [-0.3, -0.25) is 9.48 Å². The zero-order valence-corrected chi connectivity index (χ0v) is 16.7. The Morgan fingerprint density at radius 3 is 2.63 bits per heavy atom. The van der Waals surface area contributed by atoms with E-state index in [4.69, 9.17) is 23.2 Å². The van der Waals surface area contributed by atoms with Crippen LogP contribution in [0.1, 0.15) is 20.9 Å². The lowest BCUT2D eigenvalue weighted by atomic mass is 10.2. The first kappa shape index (κ1) is 18.0. The van der Waals surface area contributed by atoms with Gasteiger partial charge in [-0.25, -0.2) is 0 Å². The van der Waals surface area contributed by atoms with Crippen molar-refractivity contribution >= 4 is 56.3 Å². The third-order valence-electron chi connectivity index (χ3n) is 4.21. The zero-order valence-electron chi connectivity index (χ0n) is 14.4. The van der Waals surface area contributed by atoms with Crippen LogP contribution in [-0.4, -0.2) is 15.7 Å². The second-order valence-electron chi connectivity index (χ2n) is 6.15. The number of aryl methyl sites for hydroxylation is 1. The summed E-state index contributed by atoms with van der Waals surface area (Å²) in [5, 5.41) is 9.40. The minimum atomic E-state index is -0.252. The molecule has 27 heavy (non-hydrogen) atoms. The number of halogens is 2. The van der Waals surface area contributed by atoms with Crippen LogP contribution in [0.3, 0.4) is 0 Å². The van der Waals surface area contributed by atoms with Crippen molar-refractivity contribution in [3.8, 4) is 0 Å². The van der Waals surface area contributed by atoms with E-state index < -0.39 is 0 Å². The molecule has 1 amide bonds. The predicted octanol–water partition coefficient (Wildman–Crippen LogP) is 6.01. The number of anilines is 1. The van der Waals surface area contributed by atoms with E-state index in [1.807, 2.05) is 66.2 Å². The van der Waals surface area contributed by atoms with Gasteiger partial charge in [-0.05, 0) is 30.7 Å². The molecule has 0 fully saturated rings. The van der Waals surface area contributed by atoms with Gasteiger partial charge in [0.15, 0.2) is 5.82 Å². The molecule has 1 N–H and O–H groups in total. The van der Waals surface area contributed by atoms with E-state index in [-0.39, 0.29) is 5.91 Å². The Morgan fingerprint density at radius 1 is 1.15 bits per heavy atom. The number of aromatic nitrogens is 2. The number of amides is 1. The van der Waals surface area contributed by atoms with E-state index in [1.54, 1.807) is 0 Å². The molecule has 2 aromatic heterocycles. The molecule has 0 aliphatic carbocycles. The average Bonchev–Trinajstić information content (AvgIpc) is 3.17. The quantitative estimate of drug-likeness (QED) is 0.443. The number of thiophene rings is 1. The highest BCUT2D eigenvalue weighted by Gasteiger charge is 2.18. The van der Waals surface area contributed by atoms with E-state index in [1.165, 1.54) is 11.3 Å². The molecule has 7 heteroatoms. The first-order chi connectivity index (χ1) is 13.0. The van der Waals surface area contributed by atoms with Gasteiger partial charge in [-0.2, -0.15) is 5.10 Å². The van der Waals surface area contributed by atoms with Crippen LogP contribution in [0.4, 0.5) is 5.82 Å². The lowest BCUT2D eigenvalue weighted by molar-refractivity contribution is 0.103. The van der Waals surface area contributed by atoms with E-state index >= 15 is 0 Å². The summed E-state index contributed by atoms with van der Waals surface area (Å²) in [5.41, 5.74) is 2.03. The number of hydrogen-bond donors (Lipinski definition) is 1. The fraction of sp³-hybridized carbons (Fsp3) is 0.100. The summed E-state index contributed by atoms with van der Waals surface area (Å²) in [4.78, 5) is 13.2. The molecule has 0 saturated heterocycles. The van der Waals surface area contributed by atoms with Crippen LogP contribution < -0.4 is 5.32 Å². The molecule has 0 unspecified atom stereocenters. The van der Waals surface area contributed by atoms with Crippen molar-refractivity contribution in [3.05, 3.63) is 80.8 Å². The van der Waals surface area contributed by atoms with Gasteiger partial charge in [0, 0.05) is 26.9 Å². The van der Waals surface area contributed by atoms with Gasteiger partial charge in [0.1, 0.15) is 4.88 Å². The number of hydrogen-bond acceptors (Lipinski definition) is 3. The Balaban J connectivity index is 1.54. The monoisotopic (exact) mass is 415 g/mol. The Kier molecular flexibility index (Phi) is 4.91. The van der Waals surface area contributed by atoms with Crippen molar-refractivity contribution < 1.29 is 4.79 Å². The van der Waals surface area contributed by atoms with Crippen LogP contribution in [0.25, 0.3) is 10.1 Å². The third-order valence-corrected chi connectivity index (χ3v) is 6.14. The number of fused-ring (bicyclic) bond motifs is 1. The molecular weight excluding hydrogens is 401 g/mol. The fourth-order valence-electron chi connectivity index (χ4n) is 2.83. The molecule has 2 heterocycles. The number of benzene rings is 2. The van der Waals surface area contributed by atoms with E-state index in [0.29, 0.717) is 27.3 Å². The number of nitrogens with one attached hydrogen (secondary N) is 1. The largest absolute Gasteiger partial charge is 0.304 e. The zero-order chi connectivity index (χ0) is 19.0. The summed E-state index contributed by atoms with van der Waals surface area (Å²) in [6.07, 6.45) is 0. The first-order valence-corrected chi connectivity index (χ1v) is 9.86. The number of rotatable bonds is 4. The first-order valence-electron chi connectivity index (χ1n) is 8.28. The minimum absolute atomic E-state index is 0.252. The second kappa shape index (κ2) is 7.35. The normalized spacial score (nSPS) is 11.1. The molecule has 4 aromatic rings. The molecule has 4 nitrogen and oxygen atoms in total. The molecular formula is C20H15Cl2N3OS. The molecule has 136 valence electrons. The lowest BCUT2D eigenvalue weighted by Crippen LogP contribution is -2.12. The van der Waals surface area contributed by atoms with Crippen LogP contribution in [-0.2, 0) is 6.54 Å². The van der Waals surface area contributed by atoms with Crippen molar-refractivity contribution in [3.63, 3.8) is 0 Å². The summed E-state index contributed by atoms with van der Waals surface area (Å²) < 4.78 is 2.82. The van der Waals surface area contributed by atoms with Gasteiger partial charge in [0.2, 0.25) is 0 Å². The van der Waals surface area contributed by atoms with Crippen LogP contribution in [0.15, 0.2) is 54.6 Å². The lowest BCUT2D eigenvalue weighted by Gasteiger charge is -2.04. The predicted molar refractivity (Wildman–Crippen MR) is 112 cm³/mol. The summed E-state index contributed by atoms with van der Waals surface area (Å²) in [6, 6.07) is 17.2. The van der Waals surface area contributed by atoms with Gasteiger partial charge < -0.3 is 5.32 Å². The smallest absolute Gasteiger partial charge is 0.268 e. The molecule has 0 atom stereocenters. The van der Waals surface area contributed by atoms with E-state index in [2.05, 4.69) is 10.4 Å². The van der Waals surface area contributed by atoms with Crippen molar-refractivity contribution in [2.45, 2.75) is 13.5 Å². The Morgan fingerprint density at radius 2 is 1.89 bits per heavy atom. The van der Waals surface area contributed by atoms with Crippen LogP contribution in [0, 0.1) is 6.92 Å².